The van der Waals surface area contributed by atoms with Crippen LogP contribution in [0.1, 0.15) is 31.2 Å². The first-order chi connectivity index (χ1) is 14.4. The van der Waals surface area contributed by atoms with E-state index in [9.17, 15) is 14.7 Å². The van der Waals surface area contributed by atoms with E-state index >= 15 is 0 Å². The van der Waals surface area contributed by atoms with Crippen LogP contribution in [0.5, 0.6) is 0 Å². The number of aliphatic hydroxyl groups excluding tert-OH is 1. The first kappa shape index (κ1) is 23.1. The molecular formula is C22H29Cl2N3O3. The van der Waals surface area contributed by atoms with Crippen LogP contribution in [-0.4, -0.2) is 83.5 Å². The summed E-state index contributed by atoms with van der Waals surface area (Å²) in [4.78, 5) is 30.9. The van der Waals surface area contributed by atoms with Gasteiger partial charge in [-0.05, 0) is 49.6 Å². The fraction of sp³-hybridized carbons (Fsp3) is 0.545. The zero-order chi connectivity index (χ0) is 21.5. The van der Waals surface area contributed by atoms with Crippen molar-refractivity contribution >= 4 is 41.1 Å². The average molecular weight is 454 g/mol. The van der Waals surface area contributed by atoms with Crippen LogP contribution in [0.25, 0.3) is 6.08 Å². The Morgan fingerprint density at radius 1 is 1.07 bits per heavy atom. The number of piperidine rings is 1. The summed E-state index contributed by atoms with van der Waals surface area (Å²) in [6.07, 6.45) is 5.98. The maximum Gasteiger partial charge on any atom is 0.246 e. The first-order valence-corrected chi connectivity index (χ1v) is 11.3. The van der Waals surface area contributed by atoms with Gasteiger partial charge in [0.05, 0.1) is 16.1 Å². The molecule has 1 N–H and O–H groups in total. The van der Waals surface area contributed by atoms with Crippen LogP contribution in [0.3, 0.4) is 0 Å². The molecule has 0 atom stereocenters. The van der Waals surface area contributed by atoms with Crippen LogP contribution in [-0.2, 0) is 9.59 Å². The molecule has 0 radical (unpaired) electrons. The first-order valence-electron chi connectivity index (χ1n) is 10.5. The number of carbonyl (C=O) groups is 2. The van der Waals surface area contributed by atoms with Gasteiger partial charge >= 0.3 is 0 Å². The summed E-state index contributed by atoms with van der Waals surface area (Å²) < 4.78 is 0. The number of amides is 2. The number of hydrogen-bond donors (Lipinski definition) is 1. The highest BCUT2D eigenvalue weighted by Gasteiger charge is 2.23. The molecule has 3 rings (SSSR count). The zero-order valence-corrected chi connectivity index (χ0v) is 18.6. The Balaban J connectivity index is 1.45. The van der Waals surface area contributed by atoms with E-state index < -0.39 is 0 Å². The Labute approximate surface area is 188 Å². The largest absolute Gasteiger partial charge is 0.393 e. The third kappa shape index (κ3) is 6.71. The zero-order valence-electron chi connectivity index (χ0n) is 17.1. The highest BCUT2D eigenvalue weighted by atomic mass is 35.5. The number of halogens is 2. The van der Waals surface area contributed by atoms with Crippen molar-refractivity contribution < 1.29 is 14.7 Å². The minimum Gasteiger partial charge on any atom is -0.393 e. The summed E-state index contributed by atoms with van der Waals surface area (Å²) >= 11 is 11.9. The molecule has 0 bridgehead atoms. The summed E-state index contributed by atoms with van der Waals surface area (Å²) in [5, 5.41) is 10.5. The summed E-state index contributed by atoms with van der Waals surface area (Å²) in [6.45, 7) is 5.01. The SMILES string of the molecule is O=C(C=Cc1ccc(Cl)c(Cl)c1)N1CCC(=O)N(CCCN2CCC(O)CC2)CC1. The molecule has 0 unspecified atom stereocenters. The standard InChI is InChI=1S/C22H29Cl2N3O3/c23-19-4-2-17(16-20(19)24)3-5-21(29)27-13-8-22(30)26(14-15-27)10-1-9-25-11-6-18(28)7-12-25/h2-5,16,18,28H,1,6-15H2. The third-order valence-electron chi connectivity index (χ3n) is 5.72. The maximum atomic E-state index is 12.6. The molecule has 164 valence electrons. The Hall–Kier alpha value is -1.60. The summed E-state index contributed by atoms with van der Waals surface area (Å²) in [7, 11) is 0. The van der Waals surface area contributed by atoms with Gasteiger partial charge in [-0.15, -0.1) is 0 Å². The quantitative estimate of drug-likeness (QED) is 0.672. The van der Waals surface area contributed by atoms with Crippen LogP contribution < -0.4 is 0 Å². The highest BCUT2D eigenvalue weighted by molar-refractivity contribution is 6.42. The van der Waals surface area contributed by atoms with Crippen molar-refractivity contribution in [3.05, 3.63) is 39.9 Å². The summed E-state index contributed by atoms with van der Waals surface area (Å²) in [5.74, 6) is -0.00424. The molecule has 0 spiro atoms. The van der Waals surface area contributed by atoms with Gasteiger partial charge in [-0.3, -0.25) is 9.59 Å². The molecule has 2 fully saturated rings. The number of hydrogen-bond acceptors (Lipinski definition) is 4. The lowest BCUT2D eigenvalue weighted by Crippen LogP contribution is -2.39. The van der Waals surface area contributed by atoms with Crippen molar-refractivity contribution in [2.45, 2.75) is 31.8 Å². The van der Waals surface area contributed by atoms with E-state index in [0.717, 1.165) is 44.5 Å². The molecule has 6 nitrogen and oxygen atoms in total. The van der Waals surface area contributed by atoms with Gasteiger partial charge in [-0.1, -0.05) is 29.3 Å². The van der Waals surface area contributed by atoms with Gasteiger partial charge in [0.1, 0.15) is 0 Å². The molecular weight excluding hydrogens is 425 g/mol. The van der Waals surface area contributed by atoms with E-state index in [1.54, 1.807) is 29.2 Å². The predicted molar refractivity (Wildman–Crippen MR) is 120 cm³/mol. The van der Waals surface area contributed by atoms with Crippen LogP contribution in [0.15, 0.2) is 24.3 Å². The van der Waals surface area contributed by atoms with Gasteiger partial charge in [0.15, 0.2) is 0 Å². The number of likely N-dealkylation sites (tertiary alicyclic amines) is 1. The molecule has 0 aromatic heterocycles. The van der Waals surface area contributed by atoms with E-state index in [0.29, 0.717) is 42.6 Å². The summed E-state index contributed by atoms with van der Waals surface area (Å²) in [5.41, 5.74) is 0.801. The minimum absolute atomic E-state index is 0.104. The third-order valence-corrected chi connectivity index (χ3v) is 6.46. The molecule has 2 heterocycles. The summed E-state index contributed by atoms with van der Waals surface area (Å²) in [6, 6.07) is 5.21. The monoisotopic (exact) mass is 453 g/mol. The minimum atomic E-state index is -0.164. The molecule has 0 saturated carbocycles. The molecule has 2 aliphatic heterocycles. The van der Waals surface area contributed by atoms with Gasteiger partial charge in [-0.25, -0.2) is 0 Å². The van der Waals surface area contributed by atoms with Crippen molar-refractivity contribution in [2.75, 3.05) is 45.8 Å². The Morgan fingerprint density at radius 3 is 2.57 bits per heavy atom. The van der Waals surface area contributed by atoms with Gasteiger partial charge < -0.3 is 19.8 Å². The van der Waals surface area contributed by atoms with Gasteiger partial charge in [0.25, 0.3) is 0 Å². The van der Waals surface area contributed by atoms with Gasteiger partial charge in [0.2, 0.25) is 11.8 Å². The van der Waals surface area contributed by atoms with Crippen LogP contribution in [0, 0.1) is 0 Å². The van der Waals surface area contributed by atoms with Crippen molar-refractivity contribution in [1.82, 2.24) is 14.7 Å². The fourth-order valence-corrected chi connectivity index (χ4v) is 4.15. The second kappa shape index (κ2) is 11.1. The molecule has 30 heavy (non-hydrogen) atoms. The molecule has 0 aliphatic carbocycles. The Kier molecular flexibility index (Phi) is 8.57. The van der Waals surface area contributed by atoms with E-state index in [4.69, 9.17) is 23.2 Å². The number of nitrogens with zero attached hydrogens (tertiary/aromatic N) is 3. The average Bonchev–Trinajstić information content (AvgIpc) is 2.92. The van der Waals surface area contributed by atoms with Crippen molar-refractivity contribution in [1.29, 1.82) is 0 Å². The van der Waals surface area contributed by atoms with Crippen molar-refractivity contribution in [2.24, 2.45) is 0 Å². The molecule has 1 aromatic carbocycles. The van der Waals surface area contributed by atoms with Crippen molar-refractivity contribution in [3.63, 3.8) is 0 Å². The molecule has 2 saturated heterocycles. The second-order valence-electron chi connectivity index (χ2n) is 7.89. The topological polar surface area (TPSA) is 64.1 Å². The fourth-order valence-electron chi connectivity index (χ4n) is 3.84. The Morgan fingerprint density at radius 2 is 1.83 bits per heavy atom. The molecule has 2 aliphatic rings. The lowest BCUT2D eigenvalue weighted by atomic mass is 10.1. The van der Waals surface area contributed by atoms with Crippen molar-refractivity contribution in [3.8, 4) is 0 Å². The van der Waals surface area contributed by atoms with Crippen LogP contribution in [0.4, 0.5) is 0 Å². The van der Waals surface area contributed by atoms with Gasteiger partial charge in [0, 0.05) is 51.8 Å². The number of benzene rings is 1. The molecule has 1 aromatic rings. The maximum absolute atomic E-state index is 12.6. The second-order valence-corrected chi connectivity index (χ2v) is 8.70. The lowest BCUT2D eigenvalue weighted by Gasteiger charge is -2.30. The molecule has 8 heteroatoms. The lowest BCUT2D eigenvalue weighted by molar-refractivity contribution is -0.130. The Bertz CT molecular complexity index is 779. The number of carbonyl (C=O) groups excluding carboxylic acids is 2. The number of aliphatic hydroxyl groups is 1. The van der Waals surface area contributed by atoms with Gasteiger partial charge in [-0.2, -0.15) is 0 Å². The van der Waals surface area contributed by atoms with E-state index in [1.165, 1.54) is 6.08 Å². The number of rotatable bonds is 6. The van der Waals surface area contributed by atoms with Crippen LogP contribution in [0.2, 0.25) is 10.0 Å². The molecule has 2 amide bonds. The van der Waals surface area contributed by atoms with E-state index in [2.05, 4.69) is 4.90 Å². The highest BCUT2D eigenvalue weighted by Crippen LogP contribution is 2.23. The van der Waals surface area contributed by atoms with Crippen LogP contribution >= 0.6 is 23.2 Å². The smallest absolute Gasteiger partial charge is 0.246 e. The van der Waals surface area contributed by atoms with E-state index in [1.807, 2.05) is 4.90 Å². The van der Waals surface area contributed by atoms with E-state index in [-0.39, 0.29) is 17.9 Å². The predicted octanol–water partition coefficient (Wildman–Crippen LogP) is 2.91. The normalized spacial score (nSPS) is 19.5.